The lowest BCUT2D eigenvalue weighted by Crippen LogP contribution is -2.14. The molecular formula is C14H10Cl2N4O. The van der Waals surface area contributed by atoms with Crippen LogP contribution in [0.1, 0.15) is 5.56 Å². The quantitative estimate of drug-likeness (QED) is 0.740. The van der Waals surface area contributed by atoms with Crippen molar-refractivity contribution in [1.82, 2.24) is 20.4 Å². The predicted octanol–water partition coefficient (Wildman–Crippen LogP) is 3.28. The van der Waals surface area contributed by atoms with Crippen LogP contribution >= 0.6 is 23.2 Å². The van der Waals surface area contributed by atoms with Crippen molar-refractivity contribution >= 4 is 23.2 Å². The van der Waals surface area contributed by atoms with E-state index in [0.717, 1.165) is 11.1 Å². The molecule has 3 rings (SSSR count). The summed E-state index contributed by atoms with van der Waals surface area (Å²) < 4.78 is 0. The Morgan fingerprint density at radius 3 is 2.57 bits per heavy atom. The number of hydrogen-bond acceptors (Lipinski definition) is 4. The Bertz CT molecular complexity index is 743. The molecule has 2 aromatic carbocycles. The Labute approximate surface area is 131 Å². The third-order valence-electron chi connectivity index (χ3n) is 2.79. The van der Waals surface area contributed by atoms with Gasteiger partial charge in [-0.3, -0.25) is 0 Å². The van der Waals surface area contributed by atoms with E-state index >= 15 is 0 Å². The molecule has 0 fully saturated rings. The van der Waals surface area contributed by atoms with Gasteiger partial charge in [-0.05, 0) is 40.3 Å². The molecular weight excluding hydrogens is 311 g/mol. The first kappa shape index (κ1) is 13.9. The standard InChI is InChI=1S/C14H10Cl2N4O/c15-12-6-4-10(5-7-12)9-21-20-14(17-18-19-20)11-2-1-3-13(16)8-11/h1-8H,9H2. The van der Waals surface area contributed by atoms with Crippen LogP contribution in [-0.4, -0.2) is 20.4 Å². The summed E-state index contributed by atoms with van der Waals surface area (Å²) in [4.78, 5) is 6.87. The molecule has 0 atom stereocenters. The van der Waals surface area contributed by atoms with Crippen molar-refractivity contribution in [3.8, 4) is 11.4 Å². The highest BCUT2D eigenvalue weighted by atomic mass is 35.5. The third-order valence-corrected chi connectivity index (χ3v) is 3.28. The van der Waals surface area contributed by atoms with Gasteiger partial charge >= 0.3 is 0 Å². The van der Waals surface area contributed by atoms with Crippen LogP contribution in [0.2, 0.25) is 10.0 Å². The first-order valence-corrected chi connectivity index (χ1v) is 6.90. The van der Waals surface area contributed by atoms with E-state index in [1.807, 2.05) is 24.3 Å². The lowest BCUT2D eigenvalue weighted by Gasteiger charge is -2.07. The largest absolute Gasteiger partial charge is 0.389 e. The molecule has 0 amide bonds. The molecule has 1 aromatic heterocycles. The average molecular weight is 321 g/mol. The van der Waals surface area contributed by atoms with Gasteiger partial charge in [-0.25, -0.2) is 0 Å². The van der Waals surface area contributed by atoms with Gasteiger partial charge in [0.05, 0.1) is 0 Å². The monoisotopic (exact) mass is 320 g/mol. The van der Waals surface area contributed by atoms with Gasteiger partial charge in [0.25, 0.3) is 0 Å². The van der Waals surface area contributed by atoms with E-state index in [4.69, 9.17) is 28.0 Å². The Kier molecular flexibility index (Phi) is 4.03. The van der Waals surface area contributed by atoms with Crippen LogP contribution in [0.15, 0.2) is 48.5 Å². The zero-order valence-corrected chi connectivity index (χ0v) is 12.3. The molecule has 0 unspecified atom stereocenters. The number of benzene rings is 2. The van der Waals surface area contributed by atoms with Crippen LogP contribution in [0.4, 0.5) is 0 Å². The average Bonchev–Trinajstić information content (AvgIpc) is 2.95. The molecule has 5 nitrogen and oxygen atoms in total. The number of rotatable bonds is 4. The molecule has 0 aliphatic rings. The van der Waals surface area contributed by atoms with E-state index in [-0.39, 0.29) is 0 Å². The molecule has 21 heavy (non-hydrogen) atoms. The minimum absolute atomic E-state index is 0.329. The van der Waals surface area contributed by atoms with E-state index in [2.05, 4.69) is 15.5 Å². The number of tetrazole rings is 1. The Morgan fingerprint density at radius 1 is 1.00 bits per heavy atom. The summed E-state index contributed by atoms with van der Waals surface area (Å²) in [6, 6.07) is 14.6. The summed E-state index contributed by atoms with van der Waals surface area (Å²) in [5.41, 5.74) is 1.75. The van der Waals surface area contributed by atoms with E-state index in [1.54, 1.807) is 24.3 Å². The highest BCUT2D eigenvalue weighted by Gasteiger charge is 2.10. The first-order chi connectivity index (χ1) is 10.2. The molecule has 0 aliphatic heterocycles. The van der Waals surface area contributed by atoms with Crippen LogP contribution in [0.3, 0.4) is 0 Å². The summed E-state index contributed by atoms with van der Waals surface area (Å²) in [5, 5.41) is 12.7. The lowest BCUT2D eigenvalue weighted by molar-refractivity contribution is 0.0695. The summed E-state index contributed by atoms with van der Waals surface area (Å²) in [7, 11) is 0. The van der Waals surface area contributed by atoms with E-state index < -0.39 is 0 Å². The summed E-state index contributed by atoms with van der Waals surface area (Å²) >= 11 is 11.8. The van der Waals surface area contributed by atoms with E-state index in [0.29, 0.717) is 22.5 Å². The zero-order chi connectivity index (χ0) is 14.7. The number of nitrogens with zero attached hydrogens (tertiary/aromatic N) is 4. The summed E-state index contributed by atoms with van der Waals surface area (Å²) in [6.07, 6.45) is 0. The van der Waals surface area contributed by atoms with Crippen LogP contribution in [0.25, 0.3) is 11.4 Å². The SMILES string of the molecule is Clc1ccc(COn2nnnc2-c2cccc(Cl)c2)cc1. The van der Waals surface area contributed by atoms with Crippen LogP contribution in [0.5, 0.6) is 0 Å². The maximum atomic E-state index is 5.97. The van der Waals surface area contributed by atoms with Crippen LogP contribution < -0.4 is 4.84 Å². The predicted molar refractivity (Wildman–Crippen MR) is 80.0 cm³/mol. The Morgan fingerprint density at radius 2 is 1.81 bits per heavy atom. The second kappa shape index (κ2) is 6.11. The normalized spacial score (nSPS) is 10.6. The van der Waals surface area contributed by atoms with E-state index in [9.17, 15) is 0 Å². The zero-order valence-electron chi connectivity index (χ0n) is 10.8. The van der Waals surface area contributed by atoms with Crippen molar-refractivity contribution in [1.29, 1.82) is 0 Å². The molecule has 0 saturated carbocycles. The second-order valence-electron chi connectivity index (χ2n) is 4.29. The van der Waals surface area contributed by atoms with Crippen molar-refractivity contribution in [3.05, 3.63) is 64.1 Å². The van der Waals surface area contributed by atoms with Gasteiger partial charge in [0.15, 0.2) is 0 Å². The van der Waals surface area contributed by atoms with Crippen molar-refractivity contribution in [3.63, 3.8) is 0 Å². The Hall–Kier alpha value is -2.11. The number of hydrogen-bond donors (Lipinski definition) is 0. The first-order valence-electron chi connectivity index (χ1n) is 6.14. The van der Waals surface area contributed by atoms with Crippen LogP contribution in [0, 0.1) is 0 Å². The number of halogens is 2. The highest BCUT2D eigenvalue weighted by Crippen LogP contribution is 2.19. The van der Waals surface area contributed by atoms with Gasteiger partial charge in [-0.15, -0.1) is 5.10 Å². The molecule has 0 saturated heterocycles. The maximum absolute atomic E-state index is 5.97. The molecule has 0 spiro atoms. The third kappa shape index (κ3) is 3.32. The molecule has 3 aromatic rings. The van der Waals surface area contributed by atoms with Gasteiger partial charge in [0.1, 0.15) is 6.61 Å². The Balaban J connectivity index is 1.78. The molecule has 0 bridgehead atoms. The van der Waals surface area contributed by atoms with Crippen LogP contribution in [-0.2, 0) is 6.61 Å². The second-order valence-corrected chi connectivity index (χ2v) is 5.16. The smallest absolute Gasteiger partial charge is 0.222 e. The van der Waals surface area contributed by atoms with Crippen molar-refractivity contribution in [2.24, 2.45) is 0 Å². The van der Waals surface area contributed by atoms with Gasteiger partial charge in [0.2, 0.25) is 5.82 Å². The topological polar surface area (TPSA) is 52.8 Å². The fourth-order valence-electron chi connectivity index (χ4n) is 1.78. The highest BCUT2D eigenvalue weighted by molar-refractivity contribution is 6.31. The van der Waals surface area contributed by atoms with Crippen molar-refractivity contribution in [2.75, 3.05) is 0 Å². The fourth-order valence-corrected chi connectivity index (χ4v) is 2.09. The summed E-state index contributed by atoms with van der Waals surface area (Å²) in [5.74, 6) is 0.492. The summed E-state index contributed by atoms with van der Waals surface area (Å²) in [6.45, 7) is 0.329. The minimum atomic E-state index is 0.329. The maximum Gasteiger partial charge on any atom is 0.222 e. The van der Waals surface area contributed by atoms with E-state index in [1.165, 1.54) is 4.85 Å². The molecule has 0 N–H and O–H groups in total. The fraction of sp³-hybridized carbons (Fsp3) is 0.0714. The van der Waals surface area contributed by atoms with Gasteiger partial charge in [0, 0.05) is 15.6 Å². The minimum Gasteiger partial charge on any atom is -0.389 e. The lowest BCUT2D eigenvalue weighted by atomic mass is 10.2. The number of aromatic nitrogens is 4. The molecule has 1 heterocycles. The van der Waals surface area contributed by atoms with Crippen molar-refractivity contribution < 1.29 is 4.84 Å². The molecule has 0 radical (unpaired) electrons. The van der Waals surface area contributed by atoms with Gasteiger partial charge in [-0.2, -0.15) is 0 Å². The van der Waals surface area contributed by atoms with Gasteiger partial charge in [-0.1, -0.05) is 52.3 Å². The molecule has 106 valence electrons. The molecule has 7 heteroatoms. The van der Waals surface area contributed by atoms with Gasteiger partial charge < -0.3 is 4.84 Å². The molecule has 0 aliphatic carbocycles. The van der Waals surface area contributed by atoms with Crippen molar-refractivity contribution in [2.45, 2.75) is 6.61 Å².